The van der Waals surface area contributed by atoms with Crippen LogP contribution in [0.2, 0.25) is 5.02 Å². The van der Waals surface area contributed by atoms with Gasteiger partial charge in [-0.05, 0) is 42.7 Å². The summed E-state index contributed by atoms with van der Waals surface area (Å²) in [5.74, 6) is 1.15. The van der Waals surface area contributed by atoms with Crippen molar-refractivity contribution >= 4 is 11.6 Å². The van der Waals surface area contributed by atoms with Gasteiger partial charge in [-0.3, -0.25) is 0 Å². The summed E-state index contributed by atoms with van der Waals surface area (Å²) in [6.07, 6.45) is -0.390. The molecule has 0 fully saturated rings. The number of benzene rings is 2. The molecule has 4 nitrogen and oxygen atoms in total. The Hall–Kier alpha value is -1.75. The lowest BCUT2D eigenvalue weighted by molar-refractivity contribution is 0.191. The number of ether oxygens (including phenoxy) is 2. The molecule has 0 saturated heterocycles. The number of rotatable bonds is 8. The molecule has 2 N–H and O–H groups in total. The maximum absolute atomic E-state index is 9.30. The van der Waals surface area contributed by atoms with E-state index < -0.39 is 0 Å². The number of aliphatic hydroxyl groups excluding tert-OH is 1. The van der Waals surface area contributed by atoms with Crippen molar-refractivity contribution in [1.29, 1.82) is 0 Å². The third-order valence-corrected chi connectivity index (χ3v) is 3.97. The van der Waals surface area contributed by atoms with Gasteiger partial charge in [-0.2, -0.15) is 0 Å². The van der Waals surface area contributed by atoms with Crippen LogP contribution < -0.4 is 14.8 Å². The molecule has 0 spiro atoms. The topological polar surface area (TPSA) is 50.7 Å². The highest BCUT2D eigenvalue weighted by atomic mass is 35.5. The minimum atomic E-state index is -0.390. The van der Waals surface area contributed by atoms with Crippen LogP contribution in [-0.2, 0) is 13.2 Å². The molecule has 0 aliphatic carbocycles. The first kappa shape index (κ1) is 18.6. The predicted octanol–water partition coefficient (Wildman–Crippen LogP) is 3.71. The van der Waals surface area contributed by atoms with Crippen LogP contribution in [0.15, 0.2) is 36.4 Å². The van der Waals surface area contributed by atoms with Gasteiger partial charge in [0.25, 0.3) is 0 Å². The Labute approximate surface area is 148 Å². The molecule has 0 aliphatic heterocycles. The zero-order valence-corrected chi connectivity index (χ0v) is 15.1. The first-order valence-electron chi connectivity index (χ1n) is 7.93. The summed E-state index contributed by atoms with van der Waals surface area (Å²) < 4.78 is 11.3. The minimum Gasteiger partial charge on any atom is -0.493 e. The Balaban J connectivity index is 2.10. The molecule has 0 heterocycles. The smallest absolute Gasteiger partial charge is 0.180 e. The van der Waals surface area contributed by atoms with Crippen LogP contribution in [0.4, 0.5) is 0 Å². The quantitative estimate of drug-likeness (QED) is 0.763. The van der Waals surface area contributed by atoms with Crippen LogP contribution >= 0.6 is 11.6 Å². The van der Waals surface area contributed by atoms with Crippen LogP contribution in [0.1, 0.15) is 23.6 Å². The highest BCUT2D eigenvalue weighted by molar-refractivity contribution is 6.32. The molecule has 2 rings (SSSR count). The molecule has 2 aromatic rings. The van der Waals surface area contributed by atoms with Crippen molar-refractivity contribution < 1.29 is 14.6 Å². The number of methoxy groups -OCH3 is 1. The van der Waals surface area contributed by atoms with E-state index in [9.17, 15) is 5.11 Å². The van der Waals surface area contributed by atoms with Gasteiger partial charge < -0.3 is 19.9 Å². The maximum Gasteiger partial charge on any atom is 0.180 e. The molecule has 24 heavy (non-hydrogen) atoms. The third-order valence-electron chi connectivity index (χ3n) is 3.69. The second-order valence-electron chi connectivity index (χ2n) is 5.80. The molecule has 1 atom stereocenters. The number of aliphatic hydroxyl groups is 1. The molecular formula is C19H24ClNO3. The zero-order valence-electron chi connectivity index (χ0n) is 14.3. The van der Waals surface area contributed by atoms with E-state index in [1.54, 1.807) is 14.0 Å². The molecule has 2 aromatic carbocycles. The Morgan fingerprint density at radius 3 is 2.67 bits per heavy atom. The fraction of sp³-hybridized carbons (Fsp3) is 0.368. The SMILES string of the molecule is COc1cc(CNC[C@@H](C)O)cc(Cl)c1OCc1ccccc1C. The molecular weight excluding hydrogens is 326 g/mol. The normalized spacial score (nSPS) is 12.0. The van der Waals surface area contributed by atoms with E-state index in [-0.39, 0.29) is 6.10 Å². The predicted molar refractivity (Wildman–Crippen MR) is 96.9 cm³/mol. The molecule has 0 saturated carbocycles. The monoisotopic (exact) mass is 349 g/mol. The molecule has 0 amide bonds. The second-order valence-corrected chi connectivity index (χ2v) is 6.21. The maximum atomic E-state index is 9.30. The lowest BCUT2D eigenvalue weighted by Crippen LogP contribution is -2.23. The Kier molecular flexibility index (Phi) is 6.91. The van der Waals surface area contributed by atoms with Gasteiger partial charge in [-0.1, -0.05) is 35.9 Å². The molecule has 0 radical (unpaired) electrons. The van der Waals surface area contributed by atoms with Crippen molar-refractivity contribution in [1.82, 2.24) is 5.32 Å². The molecule has 0 aromatic heterocycles. The fourth-order valence-electron chi connectivity index (χ4n) is 2.36. The van der Waals surface area contributed by atoms with Gasteiger partial charge >= 0.3 is 0 Å². The summed E-state index contributed by atoms with van der Waals surface area (Å²) in [6.45, 7) is 5.34. The first-order chi connectivity index (χ1) is 11.5. The summed E-state index contributed by atoms with van der Waals surface area (Å²) in [5.41, 5.74) is 3.26. The van der Waals surface area contributed by atoms with E-state index in [4.69, 9.17) is 21.1 Å². The molecule has 0 unspecified atom stereocenters. The number of nitrogens with one attached hydrogen (secondary N) is 1. The van der Waals surface area contributed by atoms with Crippen molar-refractivity contribution in [3.8, 4) is 11.5 Å². The van der Waals surface area contributed by atoms with Crippen LogP contribution in [0, 0.1) is 6.92 Å². The van der Waals surface area contributed by atoms with Gasteiger partial charge in [-0.25, -0.2) is 0 Å². The number of hydrogen-bond acceptors (Lipinski definition) is 4. The van der Waals surface area contributed by atoms with Crippen molar-refractivity contribution in [2.24, 2.45) is 0 Å². The lowest BCUT2D eigenvalue weighted by Gasteiger charge is -2.15. The van der Waals surface area contributed by atoms with Crippen molar-refractivity contribution in [3.05, 3.63) is 58.1 Å². The van der Waals surface area contributed by atoms with Crippen LogP contribution in [-0.4, -0.2) is 24.9 Å². The van der Waals surface area contributed by atoms with Gasteiger partial charge in [0.2, 0.25) is 0 Å². The molecule has 0 bridgehead atoms. The minimum absolute atomic E-state index is 0.390. The summed E-state index contributed by atoms with van der Waals surface area (Å²) >= 11 is 6.38. The van der Waals surface area contributed by atoms with E-state index in [1.807, 2.05) is 30.3 Å². The Morgan fingerprint density at radius 2 is 2.00 bits per heavy atom. The van der Waals surface area contributed by atoms with Crippen molar-refractivity contribution in [2.75, 3.05) is 13.7 Å². The van der Waals surface area contributed by atoms with Crippen molar-refractivity contribution in [3.63, 3.8) is 0 Å². The largest absolute Gasteiger partial charge is 0.493 e. The van der Waals surface area contributed by atoms with E-state index in [0.717, 1.165) is 11.1 Å². The van der Waals surface area contributed by atoms with Gasteiger partial charge in [-0.15, -0.1) is 0 Å². The van der Waals surface area contributed by atoms with E-state index in [2.05, 4.69) is 18.3 Å². The number of aryl methyl sites for hydroxylation is 1. The van der Waals surface area contributed by atoms with Crippen LogP contribution in [0.5, 0.6) is 11.5 Å². The zero-order chi connectivity index (χ0) is 17.5. The van der Waals surface area contributed by atoms with E-state index in [0.29, 0.717) is 36.2 Å². The van der Waals surface area contributed by atoms with Gasteiger partial charge in [0.05, 0.1) is 18.2 Å². The second kappa shape index (κ2) is 8.92. The third kappa shape index (κ3) is 5.13. The van der Waals surface area contributed by atoms with Gasteiger partial charge in [0.15, 0.2) is 11.5 Å². The summed E-state index contributed by atoms with van der Waals surface area (Å²) in [4.78, 5) is 0. The van der Waals surface area contributed by atoms with E-state index in [1.165, 1.54) is 5.56 Å². The van der Waals surface area contributed by atoms with Crippen LogP contribution in [0.25, 0.3) is 0 Å². The highest BCUT2D eigenvalue weighted by Gasteiger charge is 2.13. The highest BCUT2D eigenvalue weighted by Crippen LogP contribution is 2.37. The molecule has 0 aliphatic rings. The average Bonchev–Trinajstić information content (AvgIpc) is 2.54. The first-order valence-corrected chi connectivity index (χ1v) is 8.31. The van der Waals surface area contributed by atoms with Crippen LogP contribution in [0.3, 0.4) is 0 Å². The van der Waals surface area contributed by atoms with Gasteiger partial charge in [0, 0.05) is 13.1 Å². The summed E-state index contributed by atoms with van der Waals surface area (Å²) in [6, 6.07) is 11.8. The average molecular weight is 350 g/mol. The number of hydrogen-bond donors (Lipinski definition) is 2. The fourth-order valence-corrected chi connectivity index (χ4v) is 2.65. The van der Waals surface area contributed by atoms with Gasteiger partial charge in [0.1, 0.15) is 6.61 Å². The summed E-state index contributed by atoms with van der Waals surface area (Å²) in [5, 5.41) is 13.0. The lowest BCUT2D eigenvalue weighted by atomic mass is 10.1. The van der Waals surface area contributed by atoms with Crippen molar-refractivity contribution in [2.45, 2.75) is 33.1 Å². The molecule has 5 heteroatoms. The molecule has 130 valence electrons. The Morgan fingerprint density at radius 1 is 1.25 bits per heavy atom. The Bertz CT molecular complexity index is 674. The number of halogens is 1. The van der Waals surface area contributed by atoms with E-state index >= 15 is 0 Å². The summed E-state index contributed by atoms with van der Waals surface area (Å²) in [7, 11) is 1.60. The standard InChI is InChI=1S/C19H24ClNO3/c1-13-6-4-5-7-16(13)12-24-19-17(20)8-15(9-18(19)23-3)11-21-10-14(2)22/h4-9,14,21-22H,10-12H2,1-3H3/t14-/m1/s1.